The SMILES string of the molecule is NC(=S)c1ccccc1OCC(=O)NCCS(N)(=O)=O. The third kappa shape index (κ3) is 5.95. The lowest BCUT2D eigenvalue weighted by molar-refractivity contribution is -0.122. The van der Waals surface area contributed by atoms with Crippen molar-refractivity contribution in [3.05, 3.63) is 29.8 Å². The molecule has 0 unspecified atom stereocenters. The highest BCUT2D eigenvalue weighted by Crippen LogP contribution is 2.17. The van der Waals surface area contributed by atoms with E-state index in [4.69, 9.17) is 27.8 Å². The van der Waals surface area contributed by atoms with E-state index in [1.165, 1.54) is 0 Å². The van der Waals surface area contributed by atoms with Crippen LogP contribution in [0.1, 0.15) is 5.56 Å². The summed E-state index contributed by atoms with van der Waals surface area (Å²) in [5, 5.41) is 7.17. The van der Waals surface area contributed by atoms with Crippen LogP contribution in [-0.4, -0.2) is 38.2 Å². The molecule has 1 rings (SSSR count). The van der Waals surface area contributed by atoms with E-state index in [0.717, 1.165) is 0 Å². The average molecular weight is 317 g/mol. The molecule has 5 N–H and O–H groups in total. The first-order valence-electron chi connectivity index (χ1n) is 5.58. The molecule has 0 aliphatic rings. The van der Waals surface area contributed by atoms with Gasteiger partial charge in [0.2, 0.25) is 10.0 Å². The third-order valence-corrected chi connectivity index (χ3v) is 3.21. The molecule has 0 radical (unpaired) electrons. The summed E-state index contributed by atoms with van der Waals surface area (Å²) in [6.07, 6.45) is 0. The molecular weight excluding hydrogens is 302 g/mol. The number of amides is 1. The summed E-state index contributed by atoms with van der Waals surface area (Å²) >= 11 is 4.86. The number of ether oxygens (including phenoxy) is 1. The second-order valence-corrected chi connectivity index (χ2v) is 6.04. The van der Waals surface area contributed by atoms with Crippen molar-refractivity contribution in [3.8, 4) is 5.75 Å². The molecule has 1 aromatic carbocycles. The highest BCUT2D eigenvalue weighted by molar-refractivity contribution is 7.89. The van der Waals surface area contributed by atoms with Gasteiger partial charge in [-0.1, -0.05) is 24.4 Å². The number of hydrogen-bond donors (Lipinski definition) is 3. The number of nitrogens with two attached hydrogens (primary N) is 2. The number of carbonyl (C=O) groups excluding carboxylic acids is 1. The Morgan fingerprint density at radius 1 is 1.35 bits per heavy atom. The minimum atomic E-state index is -3.59. The third-order valence-electron chi connectivity index (χ3n) is 2.22. The van der Waals surface area contributed by atoms with Crippen molar-refractivity contribution in [2.45, 2.75) is 0 Å². The van der Waals surface area contributed by atoms with Crippen LogP contribution < -0.4 is 20.9 Å². The normalized spacial score (nSPS) is 10.8. The van der Waals surface area contributed by atoms with Gasteiger partial charge in [0.1, 0.15) is 10.7 Å². The number of benzene rings is 1. The van der Waals surface area contributed by atoms with E-state index < -0.39 is 15.9 Å². The first kappa shape index (κ1) is 16.3. The van der Waals surface area contributed by atoms with E-state index >= 15 is 0 Å². The Labute approximate surface area is 122 Å². The number of thiocarbonyl (C=S) groups is 1. The number of rotatable bonds is 7. The molecule has 0 saturated heterocycles. The largest absolute Gasteiger partial charge is 0.483 e. The molecule has 0 atom stereocenters. The van der Waals surface area contributed by atoms with Gasteiger partial charge in [0.25, 0.3) is 5.91 Å². The highest BCUT2D eigenvalue weighted by Gasteiger charge is 2.09. The lowest BCUT2D eigenvalue weighted by Crippen LogP contribution is -2.34. The highest BCUT2D eigenvalue weighted by atomic mass is 32.2. The van der Waals surface area contributed by atoms with Gasteiger partial charge in [0.15, 0.2) is 6.61 Å². The molecule has 0 saturated carbocycles. The maximum Gasteiger partial charge on any atom is 0.257 e. The number of hydrogen-bond acceptors (Lipinski definition) is 5. The zero-order valence-electron chi connectivity index (χ0n) is 10.5. The van der Waals surface area contributed by atoms with Gasteiger partial charge in [0, 0.05) is 6.54 Å². The molecule has 0 fully saturated rings. The fourth-order valence-corrected chi connectivity index (χ4v) is 1.88. The molecular formula is C11H15N3O4S2. The van der Waals surface area contributed by atoms with Gasteiger partial charge in [-0.3, -0.25) is 4.79 Å². The molecule has 7 nitrogen and oxygen atoms in total. The molecule has 0 aliphatic carbocycles. The van der Waals surface area contributed by atoms with Crippen molar-refractivity contribution in [3.63, 3.8) is 0 Å². The molecule has 20 heavy (non-hydrogen) atoms. The summed E-state index contributed by atoms with van der Waals surface area (Å²) < 4.78 is 26.6. The van der Waals surface area contributed by atoms with Crippen LogP contribution in [-0.2, 0) is 14.8 Å². The summed E-state index contributed by atoms with van der Waals surface area (Å²) in [5.74, 6) is -0.407. The van der Waals surface area contributed by atoms with Gasteiger partial charge in [-0.25, -0.2) is 13.6 Å². The molecule has 1 aromatic rings. The molecule has 0 bridgehead atoms. The van der Waals surface area contributed by atoms with Crippen LogP contribution in [0.2, 0.25) is 0 Å². The van der Waals surface area contributed by atoms with Crippen molar-refractivity contribution in [2.24, 2.45) is 10.9 Å². The van der Waals surface area contributed by atoms with Crippen molar-refractivity contribution in [1.29, 1.82) is 0 Å². The molecule has 0 aliphatic heterocycles. The van der Waals surface area contributed by atoms with Crippen LogP contribution in [0.3, 0.4) is 0 Å². The summed E-state index contributed by atoms with van der Waals surface area (Å²) in [6, 6.07) is 6.77. The zero-order chi connectivity index (χ0) is 15.2. The Bertz CT molecular complexity index is 601. The lowest BCUT2D eigenvalue weighted by Gasteiger charge is -2.10. The Kier molecular flexibility index (Phi) is 5.86. The Morgan fingerprint density at radius 3 is 2.60 bits per heavy atom. The predicted octanol–water partition coefficient (Wildman–Crippen LogP) is -0.896. The molecule has 1 amide bonds. The summed E-state index contributed by atoms with van der Waals surface area (Å²) in [7, 11) is -3.59. The van der Waals surface area contributed by atoms with Crippen LogP contribution >= 0.6 is 12.2 Å². The predicted molar refractivity (Wildman–Crippen MR) is 78.8 cm³/mol. The lowest BCUT2D eigenvalue weighted by atomic mass is 10.2. The van der Waals surface area contributed by atoms with Gasteiger partial charge in [-0.2, -0.15) is 0 Å². The summed E-state index contributed by atoms with van der Waals surface area (Å²) in [6.45, 7) is -0.345. The van der Waals surface area contributed by atoms with E-state index in [0.29, 0.717) is 11.3 Å². The fourth-order valence-electron chi connectivity index (χ4n) is 1.32. The first-order valence-corrected chi connectivity index (χ1v) is 7.71. The van der Waals surface area contributed by atoms with Crippen LogP contribution in [0.15, 0.2) is 24.3 Å². The standard InChI is InChI=1S/C11H15N3O4S2/c12-11(19)8-3-1-2-4-9(8)18-7-10(15)14-5-6-20(13,16)17/h1-4H,5-7H2,(H2,12,19)(H,14,15)(H2,13,16,17). The minimum absolute atomic E-state index is 0.0715. The van der Waals surface area contributed by atoms with Gasteiger partial charge < -0.3 is 15.8 Å². The Hall–Kier alpha value is -1.71. The van der Waals surface area contributed by atoms with Gasteiger partial charge >= 0.3 is 0 Å². The monoisotopic (exact) mass is 317 g/mol. The molecule has 9 heteroatoms. The number of sulfonamides is 1. The zero-order valence-corrected chi connectivity index (χ0v) is 12.2. The van der Waals surface area contributed by atoms with Gasteiger partial charge in [-0.15, -0.1) is 0 Å². The molecule has 110 valence electrons. The van der Waals surface area contributed by atoms with Crippen molar-refractivity contribution < 1.29 is 17.9 Å². The van der Waals surface area contributed by atoms with Crippen molar-refractivity contribution in [2.75, 3.05) is 18.9 Å². The van der Waals surface area contributed by atoms with Crippen LogP contribution in [0, 0.1) is 0 Å². The maximum atomic E-state index is 11.4. The molecule has 0 spiro atoms. The van der Waals surface area contributed by atoms with Crippen LogP contribution in [0.4, 0.5) is 0 Å². The van der Waals surface area contributed by atoms with E-state index in [1.807, 2.05) is 0 Å². The van der Waals surface area contributed by atoms with Crippen LogP contribution in [0.25, 0.3) is 0 Å². The number of primary sulfonamides is 1. The smallest absolute Gasteiger partial charge is 0.257 e. The quantitative estimate of drug-likeness (QED) is 0.560. The van der Waals surface area contributed by atoms with E-state index in [2.05, 4.69) is 5.32 Å². The van der Waals surface area contributed by atoms with Crippen LogP contribution in [0.5, 0.6) is 5.75 Å². The van der Waals surface area contributed by atoms with Crippen molar-refractivity contribution >= 4 is 33.1 Å². The average Bonchev–Trinajstić information content (AvgIpc) is 2.35. The van der Waals surface area contributed by atoms with E-state index in [9.17, 15) is 13.2 Å². The minimum Gasteiger partial charge on any atom is -0.483 e. The number of carbonyl (C=O) groups is 1. The topological polar surface area (TPSA) is 125 Å². The van der Waals surface area contributed by atoms with E-state index in [1.54, 1.807) is 24.3 Å². The first-order chi connectivity index (χ1) is 9.29. The van der Waals surface area contributed by atoms with E-state index in [-0.39, 0.29) is 23.9 Å². The van der Waals surface area contributed by atoms with Crippen molar-refractivity contribution in [1.82, 2.24) is 5.32 Å². The fraction of sp³-hybridized carbons (Fsp3) is 0.273. The number of para-hydroxylation sites is 1. The molecule has 0 aromatic heterocycles. The number of nitrogens with one attached hydrogen (secondary N) is 1. The van der Waals surface area contributed by atoms with Gasteiger partial charge in [0.05, 0.1) is 11.3 Å². The summed E-state index contributed by atoms with van der Waals surface area (Å²) in [4.78, 5) is 11.6. The molecule has 0 heterocycles. The second-order valence-electron chi connectivity index (χ2n) is 3.87. The van der Waals surface area contributed by atoms with Gasteiger partial charge in [-0.05, 0) is 12.1 Å². The second kappa shape index (κ2) is 7.17. The Balaban J connectivity index is 2.47. The maximum absolute atomic E-state index is 11.4. The Morgan fingerprint density at radius 2 is 2.00 bits per heavy atom. The summed E-state index contributed by atoms with van der Waals surface area (Å²) in [5.41, 5.74) is 6.05.